The largest absolute Gasteiger partial charge is 0.497 e. The van der Waals surface area contributed by atoms with Gasteiger partial charge in [-0.1, -0.05) is 11.8 Å². The fourth-order valence-electron chi connectivity index (χ4n) is 2.69. The van der Waals surface area contributed by atoms with E-state index >= 15 is 0 Å². The maximum atomic E-state index is 12.5. The van der Waals surface area contributed by atoms with Crippen LogP contribution in [-0.4, -0.2) is 53.8 Å². The summed E-state index contributed by atoms with van der Waals surface area (Å²) in [5, 5.41) is 18.6. The van der Waals surface area contributed by atoms with Crippen LogP contribution in [0.15, 0.2) is 51.1 Å². The molecule has 1 atom stereocenters. The number of nitrogens with zero attached hydrogens (tertiary/aromatic N) is 2. The summed E-state index contributed by atoms with van der Waals surface area (Å²) in [6.45, 7) is 0. The van der Waals surface area contributed by atoms with Crippen molar-refractivity contribution in [3.8, 4) is 17.2 Å². The van der Waals surface area contributed by atoms with Gasteiger partial charge in [0.15, 0.2) is 16.7 Å². The summed E-state index contributed by atoms with van der Waals surface area (Å²) >= 11 is 4.37. The van der Waals surface area contributed by atoms with Crippen molar-refractivity contribution in [1.29, 1.82) is 0 Å². The maximum Gasteiger partial charge on any atom is 0.343 e. The number of amides is 1. The van der Waals surface area contributed by atoms with Crippen molar-refractivity contribution in [1.82, 2.24) is 5.32 Å². The molecule has 10 nitrogen and oxygen atoms in total. The van der Waals surface area contributed by atoms with Crippen LogP contribution in [0.1, 0.15) is 22.3 Å². The van der Waals surface area contributed by atoms with Crippen LogP contribution < -0.4 is 19.5 Å². The van der Waals surface area contributed by atoms with E-state index in [1.165, 1.54) is 20.4 Å². The maximum absolute atomic E-state index is 12.5. The Hall–Kier alpha value is -3.38. The van der Waals surface area contributed by atoms with E-state index in [0.29, 0.717) is 21.3 Å². The van der Waals surface area contributed by atoms with Crippen LogP contribution in [0.4, 0.5) is 0 Å². The fraction of sp³-hybridized carbons (Fsp3) is 0.190. The molecule has 12 heteroatoms. The molecule has 2 N–H and O–H groups in total. The summed E-state index contributed by atoms with van der Waals surface area (Å²) in [4.78, 5) is 35.0. The second-order valence-corrected chi connectivity index (χ2v) is 8.54. The highest BCUT2D eigenvalue weighted by Gasteiger charge is 2.32. The van der Waals surface area contributed by atoms with Crippen LogP contribution in [0.2, 0.25) is 0 Å². The summed E-state index contributed by atoms with van der Waals surface area (Å²) in [5.74, 6) is -0.983. The van der Waals surface area contributed by atoms with Gasteiger partial charge in [-0.25, -0.2) is 4.79 Å². The minimum Gasteiger partial charge on any atom is -0.497 e. The predicted molar refractivity (Wildman–Crippen MR) is 125 cm³/mol. The van der Waals surface area contributed by atoms with E-state index in [4.69, 9.17) is 19.3 Å². The normalized spacial score (nSPS) is 16.6. The molecule has 3 rings (SSSR count). The van der Waals surface area contributed by atoms with Crippen molar-refractivity contribution in [2.45, 2.75) is 11.7 Å². The number of aliphatic carboxylic acids is 1. The third-order valence-electron chi connectivity index (χ3n) is 4.26. The first-order valence-corrected chi connectivity index (χ1v) is 11.0. The SMILES string of the molecule is COc1ccc(C(=O)Oc2c(Br)cc(/C=N/N=C3\NC(=O)C(CC(=O)O)S3)cc2OC)cc1. The number of methoxy groups -OCH3 is 2. The Kier molecular flexibility index (Phi) is 8.06. The number of benzene rings is 2. The number of carboxylic acid groups (broad SMARTS) is 1. The monoisotopic (exact) mass is 535 g/mol. The molecule has 0 aromatic heterocycles. The molecule has 1 heterocycles. The van der Waals surface area contributed by atoms with Gasteiger partial charge < -0.3 is 24.6 Å². The molecule has 172 valence electrons. The Bertz CT molecular complexity index is 1140. The highest BCUT2D eigenvalue weighted by molar-refractivity contribution is 9.10. The minimum absolute atomic E-state index is 0.192. The van der Waals surface area contributed by atoms with Crippen molar-refractivity contribution in [2.75, 3.05) is 14.2 Å². The van der Waals surface area contributed by atoms with Crippen LogP contribution >= 0.6 is 27.7 Å². The number of amidine groups is 1. The van der Waals surface area contributed by atoms with Gasteiger partial charge in [-0.05, 0) is 57.9 Å². The number of rotatable bonds is 8. The topological polar surface area (TPSA) is 136 Å². The predicted octanol–water partition coefficient (Wildman–Crippen LogP) is 3.08. The number of carbonyl (C=O) groups excluding carboxylic acids is 2. The molecule has 1 aliphatic heterocycles. The van der Waals surface area contributed by atoms with Crippen molar-refractivity contribution >= 4 is 56.9 Å². The zero-order valence-corrected chi connectivity index (χ0v) is 19.8. The molecule has 2 aromatic rings. The molecular weight excluding hydrogens is 518 g/mol. The molecule has 0 bridgehead atoms. The third-order valence-corrected chi connectivity index (χ3v) is 5.93. The van der Waals surface area contributed by atoms with Gasteiger partial charge >= 0.3 is 11.9 Å². The molecule has 0 saturated carbocycles. The zero-order chi connectivity index (χ0) is 24.0. The number of hydrogen-bond donors (Lipinski definition) is 2. The van der Waals surface area contributed by atoms with E-state index in [0.717, 1.165) is 11.8 Å². The van der Waals surface area contributed by atoms with E-state index in [-0.39, 0.29) is 23.1 Å². The first kappa shape index (κ1) is 24.3. The molecule has 1 fully saturated rings. The molecule has 2 aromatic carbocycles. The van der Waals surface area contributed by atoms with Crippen LogP contribution in [0.5, 0.6) is 17.2 Å². The second-order valence-electron chi connectivity index (χ2n) is 6.50. The summed E-state index contributed by atoms with van der Waals surface area (Å²) in [6.07, 6.45) is 1.10. The number of halogens is 1. The molecule has 0 radical (unpaired) electrons. The van der Waals surface area contributed by atoms with Gasteiger partial charge in [0, 0.05) is 0 Å². The van der Waals surface area contributed by atoms with Gasteiger partial charge in [0.25, 0.3) is 0 Å². The lowest BCUT2D eigenvalue weighted by atomic mass is 10.2. The van der Waals surface area contributed by atoms with Crippen molar-refractivity contribution in [2.24, 2.45) is 10.2 Å². The number of ether oxygens (including phenoxy) is 3. The molecule has 1 unspecified atom stereocenters. The molecule has 1 amide bonds. The Labute approximate surface area is 201 Å². The lowest BCUT2D eigenvalue weighted by Crippen LogP contribution is -2.26. The Morgan fingerprint density at radius 1 is 1.21 bits per heavy atom. The number of esters is 1. The van der Waals surface area contributed by atoms with Crippen LogP contribution in [-0.2, 0) is 9.59 Å². The molecule has 33 heavy (non-hydrogen) atoms. The van der Waals surface area contributed by atoms with Crippen LogP contribution in [0.3, 0.4) is 0 Å². The first-order valence-electron chi connectivity index (χ1n) is 9.34. The number of thioether (sulfide) groups is 1. The standard InChI is InChI=1S/C21H18BrN3O7S/c1-30-13-5-3-12(4-6-13)20(29)32-18-14(22)7-11(8-15(18)31-2)10-23-25-21-24-19(28)16(33-21)9-17(26)27/h3-8,10,16H,9H2,1-2H3,(H,26,27)(H,24,25,28)/b23-10+. The average Bonchev–Trinajstić information content (AvgIpc) is 3.13. The molecule has 0 spiro atoms. The Morgan fingerprint density at radius 2 is 1.94 bits per heavy atom. The van der Waals surface area contributed by atoms with Gasteiger partial charge in [0.2, 0.25) is 5.91 Å². The quantitative estimate of drug-likeness (QED) is 0.228. The molecule has 1 aliphatic rings. The van der Waals surface area contributed by atoms with E-state index < -0.39 is 23.1 Å². The van der Waals surface area contributed by atoms with Crippen molar-refractivity contribution in [3.05, 3.63) is 52.0 Å². The summed E-state index contributed by atoms with van der Waals surface area (Å²) in [7, 11) is 2.96. The first-order chi connectivity index (χ1) is 15.8. The van der Waals surface area contributed by atoms with Crippen LogP contribution in [0, 0.1) is 0 Å². The number of nitrogens with one attached hydrogen (secondary N) is 1. The van der Waals surface area contributed by atoms with Gasteiger partial charge in [-0.15, -0.1) is 5.10 Å². The van der Waals surface area contributed by atoms with Crippen molar-refractivity contribution in [3.63, 3.8) is 0 Å². The Morgan fingerprint density at radius 3 is 2.58 bits per heavy atom. The van der Waals surface area contributed by atoms with Crippen molar-refractivity contribution < 1.29 is 33.7 Å². The fourth-order valence-corrected chi connectivity index (χ4v) is 4.14. The number of hydrogen-bond acceptors (Lipinski definition) is 9. The molecule has 0 aliphatic carbocycles. The van der Waals surface area contributed by atoms with Gasteiger partial charge in [0.05, 0.1) is 36.9 Å². The third kappa shape index (κ3) is 6.33. The van der Waals surface area contributed by atoms with Gasteiger partial charge in [0.1, 0.15) is 11.0 Å². The van der Waals surface area contributed by atoms with Crippen LogP contribution in [0.25, 0.3) is 0 Å². The lowest BCUT2D eigenvalue weighted by Gasteiger charge is -2.12. The highest BCUT2D eigenvalue weighted by atomic mass is 79.9. The van der Waals surface area contributed by atoms with E-state index in [2.05, 4.69) is 31.4 Å². The molecule has 1 saturated heterocycles. The summed E-state index contributed by atoms with van der Waals surface area (Å²) < 4.78 is 16.4. The van der Waals surface area contributed by atoms with Gasteiger partial charge in [-0.3, -0.25) is 9.59 Å². The lowest BCUT2D eigenvalue weighted by molar-refractivity contribution is -0.138. The Balaban J connectivity index is 1.72. The number of carbonyl (C=O) groups is 3. The average molecular weight is 536 g/mol. The zero-order valence-electron chi connectivity index (χ0n) is 17.4. The summed E-state index contributed by atoms with van der Waals surface area (Å²) in [5.41, 5.74) is 0.910. The van der Waals surface area contributed by atoms with Gasteiger partial charge in [-0.2, -0.15) is 5.10 Å². The second kappa shape index (κ2) is 11.0. The highest BCUT2D eigenvalue weighted by Crippen LogP contribution is 2.37. The smallest absolute Gasteiger partial charge is 0.343 e. The minimum atomic E-state index is -1.07. The van der Waals surface area contributed by atoms with E-state index in [1.54, 1.807) is 36.4 Å². The van der Waals surface area contributed by atoms with E-state index in [1.807, 2.05) is 0 Å². The number of carboxylic acids is 1. The van der Waals surface area contributed by atoms with E-state index in [9.17, 15) is 14.4 Å². The molecular formula is C21H18BrN3O7S. The summed E-state index contributed by atoms with van der Waals surface area (Å²) in [6, 6.07) is 9.72.